The first-order chi connectivity index (χ1) is 9.54. The van der Waals surface area contributed by atoms with E-state index in [0.717, 1.165) is 0 Å². The normalized spacial score (nSPS) is 12.7. The maximum Gasteiger partial charge on any atom is 0.0585 e. The molecule has 1 unspecified atom stereocenters. The molecule has 0 aromatic heterocycles. The molecule has 0 aliphatic heterocycles. The Morgan fingerprint density at radius 1 is 0.950 bits per heavy atom. The first kappa shape index (κ1) is 15.3. The number of rotatable bonds is 4. The molecule has 1 N–H and O–H groups in total. The van der Waals surface area contributed by atoms with Gasteiger partial charge >= 0.3 is 0 Å². The van der Waals surface area contributed by atoms with Gasteiger partial charge in [-0.25, -0.2) is 0 Å². The minimum atomic E-state index is 0.213. The van der Waals surface area contributed by atoms with E-state index in [0.29, 0.717) is 5.92 Å². The highest BCUT2D eigenvalue weighted by Crippen LogP contribution is 2.31. The molecule has 0 bridgehead atoms. The van der Waals surface area contributed by atoms with Crippen LogP contribution in [0.2, 0.25) is 0 Å². The lowest BCUT2D eigenvalue weighted by Crippen LogP contribution is -2.18. The van der Waals surface area contributed by atoms with Gasteiger partial charge in [-0.3, -0.25) is 0 Å². The van der Waals surface area contributed by atoms with Gasteiger partial charge in [0.1, 0.15) is 0 Å². The molecule has 0 amide bonds. The smallest absolute Gasteiger partial charge is 0.0585 e. The summed E-state index contributed by atoms with van der Waals surface area (Å²) in [7, 11) is 2.01. The van der Waals surface area contributed by atoms with Gasteiger partial charge in [0.05, 0.1) is 6.04 Å². The largest absolute Gasteiger partial charge is 0.309 e. The van der Waals surface area contributed by atoms with Crippen molar-refractivity contribution in [3.63, 3.8) is 0 Å². The summed E-state index contributed by atoms with van der Waals surface area (Å²) in [4.78, 5) is 0. The summed E-state index contributed by atoms with van der Waals surface area (Å²) in [6, 6.07) is 15.5. The van der Waals surface area contributed by atoms with E-state index in [2.05, 4.69) is 84.5 Å². The SMILES string of the molecule is CNC(c1ccc(C(C)C)cc1)c1cccc(C)c1Br. The number of nitrogens with one attached hydrogen (secondary N) is 1. The zero-order chi connectivity index (χ0) is 14.7. The van der Waals surface area contributed by atoms with Crippen LogP contribution >= 0.6 is 15.9 Å². The number of aryl methyl sites for hydroxylation is 1. The third-order valence-electron chi connectivity index (χ3n) is 3.76. The molecule has 0 radical (unpaired) electrons. The Hall–Kier alpha value is -1.12. The van der Waals surface area contributed by atoms with Crippen molar-refractivity contribution in [1.82, 2.24) is 5.32 Å². The molecule has 0 saturated carbocycles. The second-order valence-electron chi connectivity index (χ2n) is 5.52. The van der Waals surface area contributed by atoms with Crippen molar-refractivity contribution in [2.45, 2.75) is 32.7 Å². The van der Waals surface area contributed by atoms with Crippen LogP contribution in [0.5, 0.6) is 0 Å². The van der Waals surface area contributed by atoms with Crippen LogP contribution in [-0.4, -0.2) is 7.05 Å². The van der Waals surface area contributed by atoms with Crippen molar-refractivity contribution < 1.29 is 0 Å². The standard InChI is InChI=1S/C18H22BrN/c1-12(2)14-8-10-15(11-9-14)18(20-4)16-7-5-6-13(3)17(16)19/h5-12,18,20H,1-4H3. The van der Waals surface area contributed by atoms with Crippen molar-refractivity contribution in [3.8, 4) is 0 Å². The molecule has 0 heterocycles. The Morgan fingerprint density at radius 2 is 1.55 bits per heavy atom. The van der Waals surface area contributed by atoms with Crippen LogP contribution in [0.4, 0.5) is 0 Å². The quantitative estimate of drug-likeness (QED) is 0.812. The molecular weight excluding hydrogens is 310 g/mol. The van der Waals surface area contributed by atoms with Crippen molar-refractivity contribution in [2.75, 3.05) is 7.05 Å². The number of halogens is 1. The highest BCUT2D eigenvalue weighted by atomic mass is 79.9. The van der Waals surface area contributed by atoms with Gasteiger partial charge in [-0.2, -0.15) is 0 Å². The summed E-state index contributed by atoms with van der Waals surface area (Å²) >= 11 is 3.72. The lowest BCUT2D eigenvalue weighted by atomic mass is 9.94. The van der Waals surface area contributed by atoms with E-state index in [1.807, 2.05) is 7.05 Å². The second kappa shape index (κ2) is 6.55. The Labute approximate surface area is 130 Å². The Morgan fingerprint density at radius 3 is 2.10 bits per heavy atom. The maximum atomic E-state index is 3.72. The van der Waals surface area contributed by atoms with Crippen molar-refractivity contribution in [3.05, 3.63) is 69.2 Å². The summed E-state index contributed by atoms with van der Waals surface area (Å²) < 4.78 is 1.19. The average molecular weight is 332 g/mol. The molecule has 1 nitrogen and oxygen atoms in total. The van der Waals surface area contributed by atoms with Crippen molar-refractivity contribution >= 4 is 15.9 Å². The Balaban J connectivity index is 2.39. The zero-order valence-corrected chi connectivity index (χ0v) is 14.2. The molecule has 2 aromatic rings. The van der Waals surface area contributed by atoms with Gasteiger partial charge in [-0.15, -0.1) is 0 Å². The van der Waals surface area contributed by atoms with E-state index in [1.54, 1.807) is 0 Å². The van der Waals surface area contributed by atoms with E-state index in [-0.39, 0.29) is 6.04 Å². The first-order valence-corrected chi connectivity index (χ1v) is 7.86. The molecule has 0 aliphatic rings. The third kappa shape index (κ3) is 3.13. The van der Waals surface area contributed by atoms with E-state index in [1.165, 1.54) is 26.7 Å². The van der Waals surface area contributed by atoms with Gasteiger partial charge in [0.15, 0.2) is 0 Å². The minimum absolute atomic E-state index is 0.213. The number of hydrogen-bond donors (Lipinski definition) is 1. The van der Waals surface area contributed by atoms with Crippen molar-refractivity contribution in [1.29, 1.82) is 0 Å². The number of hydrogen-bond acceptors (Lipinski definition) is 1. The molecule has 20 heavy (non-hydrogen) atoms. The number of benzene rings is 2. The third-order valence-corrected chi connectivity index (χ3v) is 4.84. The van der Waals surface area contributed by atoms with E-state index >= 15 is 0 Å². The fraction of sp³-hybridized carbons (Fsp3) is 0.333. The topological polar surface area (TPSA) is 12.0 Å². The molecular formula is C18H22BrN. The molecule has 0 aliphatic carbocycles. The van der Waals surface area contributed by atoms with E-state index in [4.69, 9.17) is 0 Å². The fourth-order valence-corrected chi connectivity index (χ4v) is 2.96. The van der Waals surface area contributed by atoms with Crippen LogP contribution in [0.15, 0.2) is 46.9 Å². The van der Waals surface area contributed by atoms with Crippen LogP contribution in [0, 0.1) is 6.92 Å². The van der Waals surface area contributed by atoms with Gasteiger partial charge in [0.25, 0.3) is 0 Å². The summed E-state index contributed by atoms with van der Waals surface area (Å²) in [5.41, 5.74) is 5.22. The molecule has 0 spiro atoms. The summed E-state index contributed by atoms with van der Waals surface area (Å²) in [6.45, 7) is 6.57. The predicted molar refractivity (Wildman–Crippen MR) is 90.3 cm³/mol. The van der Waals surface area contributed by atoms with Gasteiger partial charge in [-0.1, -0.05) is 72.2 Å². The highest BCUT2D eigenvalue weighted by molar-refractivity contribution is 9.10. The van der Waals surface area contributed by atoms with Crippen LogP contribution in [-0.2, 0) is 0 Å². The molecule has 1 atom stereocenters. The molecule has 0 saturated heterocycles. The fourth-order valence-electron chi connectivity index (χ4n) is 2.47. The molecule has 106 valence electrons. The van der Waals surface area contributed by atoms with Gasteiger partial charge in [0.2, 0.25) is 0 Å². The lowest BCUT2D eigenvalue weighted by molar-refractivity contribution is 0.687. The highest BCUT2D eigenvalue weighted by Gasteiger charge is 2.15. The predicted octanol–water partition coefficient (Wildman–Crippen LogP) is 5.19. The Kier molecular flexibility index (Phi) is 5.00. The monoisotopic (exact) mass is 331 g/mol. The van der Waals surface area contributed by atoms with Gasteiger partial charge in [0, 0.05) is 4.47 Å². The maximum absolute atomic E-state index is 3.72. The van der Waals surface area contributed by atoms with Crippen LogP contribution in [0.3, 0.4) is 0 Å². The van der Waals surface area contributed by atoms with Crippen LogP contribution in [0.1, 0.15) is 48.1 Å². The molecule has 2 rings (SSSR count). The van der Waals surface area contributed by atoms with Gasteiger partial charge in [-0.05, 0) is 42.1 Å². The van der Waals surface area contributed by atoms with E-state index in [9.17, 15) is 0 Å². The average Bonchev–Trinajstić information content (AvgIpc) is 2.45. The second-order valence-corrected chi connectivity index (χ2v) is 6.31. The molecule has 0 fully saturated rings. The Bertz CT molecular complexity index is 572. The lowest BCUT2D eigenvalue weighted by Gasteiger charge is -2.20. The van der Waals surface area contributed by atoms with Gasteiger partial charge < -0.3 is 5.32 Å². The zero-order valence-electron chi connectivity index (χ0n) is 12.6. The molecule has 2 heteroatoms. The minimum Gasteiger partial charge on any atom is -0.309 e. The summed E-state index contributed by atoms with van der Waals surface area (Å²) in [6.07, 6.45) is 0. The van der Waals surface area contributed by atoms with E-state index < -0.39 is 0 Å². The van der Waals surface area contributed by atoms with Crippen molar-refractivity contribution in [2.24, 2.45) is 0 Å². The summed E-state index contributed by atoms with van der Waals surface area (Å²) in [5.74, 6) is 0.572. The summed E-state index contributed by atoms with van der Waals surface area (Å²) in [5, 5.41) is 3.42. The van der Waals surface area contributed by atoms with Crippen LogP contribution < -0.4 is 5.32 Å². The first-order valence-electron chi connectivity index (χ1n) is 7.06. The molecule has 2 aromatic carbocycles. The van der Waals surface area contributed by atoms with Crippen LogP contribution in [0.25, 0.3) is 0 Å².